The monoisotopic (exact) mass is 355 g/mol. The van der Waals surface area contributed by atoms with Crippen LogP contribution in [0.15, 0.2) is 0 Å². The second-order valence-electron chi connectivity index (χ2n) is 7.55. The molecule has 0 spiro atoms. The Hall–Kier alpha value is -2.22. The number of aryl methyl sites for hydroxylation is 1. The van der Waals surface area contributed by atoms with Gasteiger partial charge in [0.25, 0.3) is 5.91 Å². The number of amides is 1. The first kappa shape index (κ1) is 16.0. The zero-order chi connectivity index (χ0) is 17.5. The lowest BCUT2D eigenvalue weighted by molar-refractivity contribution is 0.0586. The molecule has 8 heteroatoms. The molecule has 3 aliphatic rings. The highest BCUT2D eigenvalue weighted by atomic mass is 16.2. The number of hydrogen-bond donors (Lipinski definition) is 2. The van der Waals surface area contributed by atoms with Crippen LogP contribution in [0.25, 0.3) is 0 Å². The van der Waals surface area contributed by atoms with Crippen molar-refractivity contribution in [1.82, 2.24) is 35.2 Å². The molecule has 5 rings (SSSR count). The van der Waals surface area contributed by atoms with Crippen molar-refractivity contribution in [1.29, 1.82) is 0 Å². The Labute approximate surface area is 152 Å². The number of aromatic amines is 1. The molecule has 2 aromatic heterocycles. The number of fused-ring (bicyclic) bond motifs is 2. The molecule has 3 aliphatic heterocycles. The standard InChI is InChI=1S/C18H25N7O/c26-18(16-12-11-19-8-7-13(12)20-22-16)24-9-3-1-5-14(24)17-23-21-15-6-2-4-10-25(15)17/h14,19H,1-11H2,(H,20,22). The van der Waals surface area contributed by atoms with Crippen molar-refractivity contribution < 1.29 is 4.79 Å². The van der Waals surface area contributed by atoms with Crippen molar-refractivity contribution in [3.05, 3.63) is 28.6 Å². The lowest BCUT2D eigenvalue weighted by atomic mass is 9.99. The second-order valence-corrected chi connectivity index (χ2v) is 7.55. The van der Waals surface area contributed by atoms with E-state index in [-0.39, 0.29) is 11.9 Å². The number of carbonyl (C=O) groups is 1. The molecule has 2 N–H and O–H groups in total. The number of nitrogens with one attached hydrogen (secondary N) is 2. The molecule has 2 aromatic rings. The zero-order valence-corrected chi connectivity index (χ0v) is 15.0. The predicted octanol–water partition coefficient (Wildman–Crippen LogP) is 1.35. The first-order valence-electron chi connectivity index (χ1n) is 9.82. The molecule has 1 amide bonds. The fourth-order valence-corrected chi connectivity index (χ4v) is 4.56. The van der Waals surface area contributed by atoms with Crippen molar-refractivity contribution in [3.63, 3.8) is 0 Å². The molecule has 1 saturated heterocycles. The molecule has 1 unspecified atom stereocenters. The molecule has 0 aliphatic carbocycles. The van der Waals surface area contributed by atoms with Gasteiger partial charge in [-0.25, -0.2) is 0 Å². The third kappa shape index (κ3) is 2.55. The van der Waals surface area contributed by atoms with Gasteiger partial charge in [-0.05, 0) is 32.1 Å². The Morgan fingerprint density at radius 1 is 1.08 bits per heavy atom. The zero-order valence-electron chi connectivity index (χ0n) is 15.0. The maximum atomic E-state index is 13.4. The molecule has 0 radical (unpaired) electrons. The van der Waals surface area contributed by atoms with Gasteiger partial charge < -0.3 is 14.8 Å². The van der Waals surface area contributed by atoms with Crippen LogP contribution in [-0.2, 0) is 25.9 Å². The van der Waals surface area contributed by atoms with E-state index in [0.29, 0.717) is 12.2 Å². The summed E-state index contributed by atoms with van der Waals surface area (Å²) in [7, 11) is 0. The van der Waals surface area contributed by atoms with E-state index in [2.05, 4.69) is 30.3 Å². The summed E-state index contributed by atoms with van der Waals surface area (Å²) in [6.07, 6.45) is 7.34. The Kier molecular flexibility index (Phi) is 4.00. The third-order valence-corrected chi connectivity index (χ3v) is 5.96. The van der Waals surface area contributed by atoms with E-state index >= 15 is 0 Å². The molecular formula is C18H25N7O. The van der Waals surface area contributed by atoms with Gasteiger partial charge in [0.15, 0.2) is 11.5 Å². The van der Waals surface area contributed by atoms with E-state index < -0.39 is 0 Å². The maximum absolute atomic E-state index is 13.4. The number of hydrogen-bond acceptors (Lipinski definition) is 5. The van der Waals surface area contributed by atoms with E-state index in [1.807, 2.05) is 4.90 Å². The normalized spacial score (nSPS) is 22.8. The molecule has 8 nitrogen and oxygen atoms in total. The summed E-state index contributed by atoms with van der Waals surface area (Å²) in [5.41, 5.74) is 2.71. The number of aromatic nitrogens is 5. The fraction of sp³-hybridized carbons (Fsp3) is 0.667. The van der Waals surface area contributed by atoms with Gasteiger partial charge in [0.05, 0.1) is 6.04 Å². The van der Waals surface area contributed by atoms with Crippen molar-refractivity contribution in [2.24, 2.45) is 0 Å². The highest BCUT2D eigenvalue weighted by molar-refractivity contribution is 5.94. The van der Waals surface area contributed by atoms with E-state index in [4.69, 9.17) is 0 Å². The minimum atomic E-state index is 0.0134. The Morgan fingerprint density at radius 3 is 2.96 bits per heavy atom. The summed E-state index contributed by atoms with van der Waals surface area (Å²) in [4.78, 5) is 15.4. The van der Waals surface area contributed by atoms with Crippen LogP contribution in [-0.4, -0.2) is 48.9 Å². The van der Waals surface area contributed by atoms with Gasteiger partial charge in [-0.2, -0.15) is 5.10 Å². The van der Waals surface area contributed by atoms with Gasteiger partial charge in [0.1, 0.15) is 5.82 Å². The number of likely N-dealkylation sites (tertiary alicyclic amines) is 1. The van der Waals surface area contributed by atoms with Crippen LogP contribution >= 0.6 is 0 Å². The average molecular weight is 355 g/mol. The first-order chi connectivity index (χ1) is 12.8. The molecule has 1 atom stereocenters. The quantitative estimate of drug-likeness (QED) is 0.848. The summed E-state index contributed by atoms with van der Waals surface area (Å²) >= 11 is 0. The van der Waals surface area contributed by atoms with Gasteiger partial charge in [-0.1, -0.05) is 0 Å². The van der Waals surface area contributed by atoms with Gasteiger partial charge in [-0.3, -0.25) is 9.89 Å². The van der Waals surface area contributed by atoms with Crippen LogP contribution in [0.5, 0.6) is 0 Å². The van der Waals surface area contributed by atoms with Crippen LogP contribution < -0.4 is 5.32 Å². The minimum absolute atomic E-state index is 0.0134. The third-order valence-electron chi connectivity index (χ3n) is 5.96. The molecule has 5 heterocycles. The van der Waals surface area contributed by atoms with Crippen molar-refractivity contribution >= 4 is 5.91 Å². The van der Waals surface area contributed by atoms with E-state index in [0.717, 1.165) is 81.1 Å². The maximum Gasteiger partial charge on any atom is 0.275 e. The average Bonchev–Trinajstić information content (AvgIpc) is 3.32. The van der Waals surface area contributed by atoms with Crippen molar-refractivity contribution in [3.8, 4) is 0 Å². The largest absolute Gasteiger partial charge is 0.327 e. The lowest BCUT2D eigenvalue weighted by Crippen LogP contribution is -2.40. The Balaban J connectivity index is 1.48. The number of H-pyrrole nitrogens is 1. The number of nitrogens with zero attached hydrogens (tertiary/aromatic N) is 5. The van der Waals surface area contributed by atoms with E-state index in [1.54, 1.807) is 0 Å². The summed E-state index contributed by atoms with van der Waals surface area (Å²) in [5, 5.41) is 19.7. The van der Waals surface area contributed by atoms with Crippen LogP contribution in [0, 0.1) is 0 Å². The van der Waals surface area contributed by atoms with Crippen LogP contribution in [0.4, 0.5) is 0 Å². The highest BCUT2D eigenvalue weighted by Gasteiger charge is 2.35. The summed E-state index contributed by atoms with van der Waals surface area (Å²) in [6, 6.07) is 0.0134. The number of rotatable bonds is 2. The van der Waals surface area contributed by atoms with Crippen LogP contribution in [0.3, 0.4) is 0 Å². The summed E-state index contributed by atoms with van der Waals surface area (Å²) in [5.74, 6) is 2.07. The van der Waals surface area contributed by atoms with Crippen molar-refractivity contribution in [2.45, 2.75) is 64.1 Å². The summed E-state index contributed by atoms with van der Waals surface area (Å²) < 4.78 is 2.25. The van der Waals surface area contributed by atoms with Crippen LogP contribution in [0.1, 0.15) is 71.5 Å². The highest BCUT2D eigenvalue weighted by Crippen LogP contribution is 2.33. The van der Waals surface area contributed by atoms with Gasteiger partial charge in [-0.15, -0.1) is 10.2 Å². The molecule has 138 valence electrons. The Morgan fingerprint density at radius 2 is 2.00 bits per heavy atom. The lowest BCUT2D eigenvalue weighted by Gasteiger charge is -2.35. The molecule has 0 bridgehead atoms. The second kappa shape index (κ2) is 6.50. The molecule has 0 aromatic carbocycles. The SMILES string of the molecule is O=C(c1n[nH]c2c1CNCC2)N1CCCCC1c1nnc2n1CCCC2. The fourth-order valence-electron chi connectivity index (χ4n) is 4.56. The smallest absolute Gasteiger partial charge is 0.275 e. The van der Waals surface area contributed by atoms with Crippen molar-refractivity contribution in [2.75, 3.05) is 13.1 Å². The summed E-state index contributed by atoms with van der Waals surface area (Å²) in [6.45, 7) is 3.38. The van der Waals surface area contributed by atoms with Gasteiger partial charge >= 0.3 is 0 Å². The van der Waals surface area contributed by atoms with Gasteiger partial charge in [0.2, 0.25) is 0 Å². The number of carbonyl (C=O) groups excluding carboxylic acids is 1. The molecule has 1 fully saturated rings. The Bertz CT molecular complexity index is 824. The number of piperidine rings is 1. The first-order valence-corrected chi connectivity index (χ1v) is 9.82. The predicted molar refractivity (Wildman–Crippen MR) is 94.6 cm³/mol. The van der Waals surface area contributed by atoms with Crippen LogP contribution in [0.2, 0.25) is 0 Å². The van der Waals surface area contributed by atoms with Gasteiger partial charge in [0, 0.05) is 50.3 Å². The molecular weight excluding hydrogens is 330 g/mol. The van der Waals surface area contributed by atoms with E-state index in [9.17, 15) is 4.79 Å². The minimum Gasteiger partial charge on any atom is -0.327 e. The molecule has 0 saturated carbocycles. The topological polar surface area (TPSA) is 91.7 Å². The van der Waals surface area contributed by atoms with E-state index in [1.165, 1.54) is 6.42 Å². The molecule has 26 heavy (non-hydrogen) atoms.